The number of H-pyrrole nitrogens is 1. The number of carbonyl (C=O) groups excluding carboxylic acids is 1. The largest absolute Gasteiger partial charge is 0.361 e. The lowest BCUT2D eigenvalue weighted by atomic mass is 9.96. The Morgan fingerprint density at radius 3 is 2.94 bits per heavy atom. The molecular formula is C22H20N6O2S. The summed E-state index contributed by atoms with van der Waals surface area (Å²) in [6, 6.07) is 12.2. The van der Waals surface area contributed by atoms with Gasteiger partial charge in [0.05, 0.1) is 6.20 Å². The van der Waals surface area contributed by atoms with E-state index in [1.165, 1.54) is 26.7 Å². The number of aromatic nitrogens is 5. The zero-order valence-corrected chi connectivity index (χ0v) is 17.6. The number of rotatable bonds is 6. The third-order valence-corrected chi connectivity index (χ3v) is 6.40. The fourth-order valence-electron chi connectivity index (χ4n) is 3.84. The predicted molar refractivity (Wildman–Crippen MR) is 120 cm³/mol. The zero-order valence-electron chi connectivity index (χ0n) is 16.8. The molecule has 2 N–H and O–H groups in total. The Labute approximate surface area is 181 Å². The molecule has 8 nitrogen and oxygen atoms in total. The van der Waals surface area contributed by atoms with E-state index in [1.807, 2.05) is 35.8 Å². The van der Waals surface area contributed by atoms with Gasteiger partial charge < -0.3 is 10.3 Å². The highest BCUT2D eigenvalue weighted by Gasteiger charge is 2.20. The Kier molecular flexibility index (Phi) is 4.87. The minimum absolute atomic E-state index is 0.00995. The monoisotopic (exact) mass is 432 g/mol. The van der Waals surface area contributed by atoms with Crippen molar-refractivity contribution in [3.05, 3.63) is 81.3 Å². The number of fused-ring (bicyclic) bond motifs is 2. The van der Waals surface area contributed by atoms with Crippen LogP contribution < -0.4 is 10.9 Å². The highest BCUT2D eigenvalue weighted by molar-refractivity contribution is 7.10. The van der Waals surface area contributed by atoms with E-state index >= 15 is 0 Å². The quantitative estimate of drug-likeness (QED) is 0.431. The van der Waals surface area contributed by atoms with E-state index in [2.05, 4.69) is 32.5 Å². The fourth-order valence-corrected chi connectivity index (χ4v) is 4.69. The predicted octanol–water partition coefficient (Wildman–Crippen LogP) is 2.62. The lowest BCUT2D eigenvalue weighted by molar-refractivity contribution is -0.121. The molecule has 0 aliphatic carbocycles. The molecule has 0 saturated heterocycles. The van der Waals surface area contributed by atoms with E-state index in [0.29, 0.717) is 17.6 Å². The van der Waals surface area contributed by atoms with Crippen LogP contribution in [-0.2, 0) is 18.4 Å². The molecule has 4 aromatic heterocycles. The maximum absolute atomic E-state index is 12.7. The standard InChI is InChI=1S/C22H20N6O2S/c1-27-21-17(11-26-27)22(30)28(13-25-21)12-20(29)24-10-16(19-7-4-8-31-19)15-9-23-18-6-3-2-5-14(15)18/h2-9,11,13,16,23H,10,12H2,1H3,(H,24,29)/t16-/m0/s1. The molecule has 0 aliphatic rings. The van der Waals surface area contributed by atoms with E-state index in [4.69, 9.17) is 0 Å². The number of para-hydroxylation sites is 1. The molecule has 0 radical (unpaired) electrons. The second-order valence-electron chi connectivity index (χ2n) is 7.34. The Morgan fingerprint density at radius 1 is 1.23 bits per heavy atom. The van der Waals surface area contributed by atoms with E-state index < -0.39 is 0 Å². The molecule has 5 aromatic rings. The highest BCUT2D eigenvalue weighted by Crippen LogP contribution is 2.32. The third kappa shape index (κ3) is 3.53. The molecule has 1 aromatic carbocycles. The number of amides is 1. The van der Waals surface area contributed by atoms with Gasteiger partial charge in [0.25, 0.3) is 5.56 Å². The molecule has 0 fully saturated rings. The molecule has 1 amide bonds. The molecule has 31 heavy (non-hydrogen) atoms. The number of nitrogens with one attached hydrogen (secondary N) is 2. The summed E-state index contributed by atoms with van der Waals surface area (Å²) in [5.74, 6) is -0.232. The number of thiophene rings is 1. The van der Waals surface area contributed by atoms with Crippen molar-refractivity contribution in [1.82, 2.24) is 29.6 Å². The van der Waals surface area contributed by atoms with Gasteiger partial charge >= 0.3 is 0 Å². The van der Waals surface area contributed by atoms with Crippen molar-refractivity contribution in [2.24, 2.45) is 7.05 Å². The summed E-state index contributed by atoms with van der Waals surface area (Å²) in [5.41, 5.74) is 2.42. The van der Waals surface area contributed by atoms with Gasteiger partial charge in [-0.25, -0.2) is 4.98 Å². The van der Waals surface area contributed by atoms with Gasteiger partial charge in [-0.2, -0.15) is 5.10 Å². The molecule has 4 heterocycles. The lowest BCUT2D eigenvalue weighted by Gasteiger charge is -2.16. The SMILES string of the molecule is Cn1ncc2c(=O)n(CC(=O)NC[C@H](c3cccs3)c3c[nH]c4ccccc34)cnc21. The van der Waals surface area contributed by atoms with Crippen LogP contribution in [0.5, 0.6) is 0 Å². The second-order valence-corrected chi connectivity index (χ2v) is 8.32. The number of hydrogen-bond acceptors (Lipinski definition) is 5. The number of nitrogens with zero attached hydrogens (tertiary/aromatic N) is 4. The first-order valence-electron chi connectivity index (χ1n) is 9.85. The van der Waals surface area contributed by atoms with Gasteiger partial charge in [-0.15, -0.1) is 11.3 Å². The van der Waals surface area contributed by atoms with Crippen molar-refractivity contribution in [3.8, 4) is 0 Å². The van der Waals surface area contributed by atoms with Crippen LogP contribution in [0.2, 0.25) is 0 Å². The molecule has 1 atom stereocenters. The number of aromatic amines is 1. The van der Waals surface area contributed by atoms with Crippen LogP contribution in [0.25, 0.3) is 21.9 Å². The minimum atomic E-state index is -0.278. The van der Waals surface area contributed by atoms with Crippen molar-refractivity contribution >= 4 is 39.2 Å². The third-order valence-electron chi connectivity index (χ3n) is 5.42. The Bertz CT molecular complexity index is 1430. The number of aryl methyl sites for hydroxylation is 1. The Hall–Kier alpha value is -3.72. The van der Waals surface area contributed by atoms with Crippen LogP contribution in [0.3, 0.4) is 0 Å². The van der Waals surface area contributed by atoms with Crippen LogP contribution in [0.15, 0.2) is 65.3 Å². The van der Waals surface area contributed by atoms with Gasteiger partial charge in [0.2, 0.25) is 5.91 Å². The summed E-state index contributed by atoms with van der Waals surface area (Å²) in [5, 5.41) is 10.6. The molecule has 0 aliphatic heterocycles. The van der Waals surface area contributed by atoms with Crippen LogP contribution in [0.4, 0.5) is 0 Å². The zero-order chi connectivity index (χ0) is 21.4. The van der Waals surface area contributed by atoms with Crippen LogP contribution >= 0.6 is 11.3 Å². The fraction of sp³-hybridized carbons (Fsp3) is 0.182. The van der Waals surface area contributed by atoms with E-state index in [1.54, 1.807) is 18.4 Å². The summed E-state index contributed by atoms with van der Waals surface area (Å²) in [6.45, 7) is 0.334. The second kappa shape index (κ2) is 7.84. The van der Waals surface area contributed by atoms with E-state index in [0.717, 1.165) is 16.5 Å². The van der Waals surface area contributed by atoms with Crippen molar-refractivity contribution in [3.63, 3.8) is 0 Å². The van der Waals surface area contributed by atoms with Crippen LogP contribution in [-0.4, -0.2) is 36.8 Å². The molecule has 0 spiro atoms. The number of carbonyl (C=O) groups is 1. The first-order chi connectivity index (χ1) is 15.1. The van der Waals surface area contributed by atoms with Gasteiger partial charge in [0.1, 0.15) is 18.3 Å². The van der Waals surface area contributed by atoms with Gasteiger partial charge in [0.15, 0.2) is 5.65 Å². The summed E-state index contributed by atoms with van der Waals surface area (Å²) in [4.78, 5) is 34.0. The Balaban J connectivity index is 1.37. The highest BCUT2D eigenvalue weighted by atomic mass is 32.1. The topological polar surface area (TPSA) is 97.6 Å². The van der Waals surface area contributed by atoms with Crippen LogP contribution in [0, 0.1) is 0 Å². The summed E-state index contributed by atoms with van der Waals surface area (Å²) in [6.07, 6.45) is 4.87. The maximum atomic E-state index is 12.7. The maximum Gasteiger partial charge on any atom is 0.264 e. The van der Waals surface area contributed by atoms with Gasteiger partial charge in [-0.3, -0.25) is 18.8 Å². The Morgan fingerprint density at radius 2 is 2.10 bits per heavy atom. The summed E-state index contributed by atoms with van der Waals surface area (Å²) >= 11 is 1.66. The molecule has 156 valence electrons. The molecule has 9 heteroatoms. The number of hydrogen-bond donors (Lipinski definition) is 2. The van der Waals surface area contributed by atoms with Gasteiger partial charge in [-0.05, 0) is 23.1 Å². The van der Waals surface area contributed by atoms with Crippen molar-refractivity contribution in [2.75, 3.05) is 6.54 Å². The lowest BCUT2D eigenvalue weighted by Crippen LogP contribution is -2.34. The van der Waals surface area contributed by atoms with Crippen molar-refractivity contribution in [1.29, 1.82) is 0 Å². The first-order valence-corrected chi connectivity index (χ1v) is 10.7. The normalized spacial score (nSPS) is 12.4. The average molecular weight is 433 g/mol. The van der Waals surface area contributed by atoms with E-state index in [9.17, 15) is 9.59 Å². The molecule has 0 bridgehead atoms. The van der Waals surface area contributed by atoms with E-state index in [-0.39, 0.29) is 23.9 Å². The van der Waals surface area contributed by atoms with Gasteiger partial charge in [0, 0.05) is 41.5 Å². The van der Waals surface area contributed by atoms with Crippen molar-refractivity contribution < 1.29 is 4.79 Å². The van der Waals surface area contributed by atoms with Crippen LogP contribution in [0.1, 0.15) is 16.4 Å². The molecule has 0 saturated carbocycles. The van der Waals surface area contributed by atoms with Gasteiger partial charge in [-0.1, -0.05) is 24.3 Å². The molecule has 0 unspecified atom stereocenters. The molecule has 5 rings (SSSR count). The minimum Gasteiger partial charge on any atom is -0.361 e. The first kappa shape index (κ1) is 19.3. The number of benzene rings is 1. The summed E-state index contributed by atoms with van der Waals surface area (Å²) in [7, 11) is 1.72. The molecular weight excluding hydrogens is 412 g/mol. The smallest absolute Gasteiger partial charge is 0.264 e. The summed E-state index contributed by atoms with van der Waals surface area (Å²) < 4.78 is 2.85. The van der Waals surface area contributed by atoms with Crippen molar-refractivity contribution in [2.45, 2.75) is 12.5 Å². The average Bonchev–Trinajstić information content (AvgIpc) is 3.52.